The average Bonchev–Trinajstić information content (AvgIpc) is 3.28. The van der Waals surface area contributed by atoms with Gasteiger partial charge in [0.25, 0.3) is 0 Å². The van der Waals surface area contributed by atoms with Crippen LogP contribution in [0.4, 0.5) is 10.5 Å². The Labute approximate surface area is 132 Å². The van der Waals surface area contributed by atoms with Crippen molar-refractivity contribution in [2.75, 3.05) is 18.5 Å². The van der Waals surface area contributed by atoms with Crippen LogP contribution in [-0.2, 0) is 0 Å². The Morgan fingerprint density at radius 1 is 1.36 bits per heavy atom. The van der Waals surface area contributed by atoms with Crippen LogP contribution in [0.1, 0.15) is 33.1 Å². The number of benzene rings is 1. The summed E-state index contributed by atoms with van der Waals surface area (Å²) in [5.74, 6) is 1.75. The molecule has 1 unspecified atom stereocenters. The van der Waals surface area contributed by atoms with E-state index >= 15 is 0 Å². The van der Waals surface area contributed by atoms with Gasteiger partial charge in [0.2, 0.25) is 0 Å². The molecule has 1 atom stereocenters. The summed E-state index contributed by atoms with van der Waals surface area (Å²) in [4.78, 5) is 11.9. The summed E-state index contributed by atoms with van der Waals surface area (Å²) in [5, 5.41) is 15.2. The van der Waals surface area contributed by atoms with E-state index < -0.39 is 6.10 Å². The van der Waals surface area contributed by atoms with Gasteiger partial charge in [-0.05, 0) is 43.2 Å². The molecule has 1 fully saturated rings. The van der Waals surface area contributed by atoms with Crippen molar-refractivity contribution in [2.24, 2.45) is 11.8 Å². The normalized spacial score (nSPS) is 15.5. The van der Waals surface area contributed by atoms with Crippen LogP contribution in [0.3, 0.4) is 0 Å². The molecule has 1 aromatic carbocycles. The summed E-state index contributed by atoms with van der Waals surface area (Å²) in [6, 6.07) is 7.08. The molecule has 0 bridgehead atoms. The predicted octanol–water partition coefficient (Wildman–Crippen LogP) is 3.00. The van der Waals surface area contributed by atoms with Crippen molar-refractivity contribution < 1.29 is 14.6 Å². The Bertz CT molecular complexity index is 487. The van der Waals surface area contributed by atoms with E-state index in [0.717, 1.165) is 0 Å². The average molecular weight is 306 g/mol. The Kier molecular flexibility index (Phi) is 6.07. The molecule has 5 nitrogen and oxygen atoms in total. The smallest absolute Gasteiger partial charge is 0.319 e. The number of carbonyl (C=O) groups excluding carboxylic acids is 1. The number of aliphatic hydroxyl groups is 1. The molecule has 122 valence electrons. The van der Waals surface area contributed by atoms with E-state index in [-0.39, 0.29) is 12.6 Å². The van der Waals surface area contributed by atoms with E-state index in [0.29, 0.717) is 36.3 Å². The number of hydrogen-bond donors (Lipinski definition) is 3. The molecule has 0 spiro atoms. The topological polar surface area (TPSA) is 70.6 Å². The van der Waals surface area contributed by atoms with E-state index in [1.165, 1.54) is 12.8 Å². The third kappa shape index (κ3) is 5.93. The number of para-hydroxylation sites is 2. The van der Waals surface area contributed by atoms with E-state index in [4.69, 9.17) is 4.74 Å². The molecule has 1 aliphatic rings. The highest BCUT2D eigenvalue weighted by Gasteiger charge is 2.22. The number of nitrogens with one attached hydrogen (secondary N) is 2. The van der Waals surface area contributed by atoms with Crippen molar-refractivity contribution in [1.82, 2.24) is 5.32 Å². The predicted molar refractivity (Wildman–Crippen MR) is 87.1 cm³/mol. The zero-order valence-electron chi connectivity index (χ0n) is 13.3. The Hall–Kier alpha value is -1.75. The number of amides is 2. The molecule has 0 aliphatic heterocycles. The van der Waals surface area contributed by atoms with E-state index in [9.17, 15) is 9.90 Å². The molecule has 0 heterocycles. The maximum atomic E-state index is 11.9. The SMILES string of the molecule is CC(C)CC(O)CNC(=O)Nc1ccccc1OCC1CC1. The molecule has 0 radical (unpaired) electrons. The lowest BCUT2D eigenvalue weighted by Gasteiger charge is -2.15. The van der Waals surface area contributed by atoms with Gasteiger partial charge in [0.15, 0.2) is 0 Å². The second-order valence-corrected chi connectivity index (χ2v) is 6.37. The summed E-state index contributed by atoms with van der Waals surface area (Å²) in [7, 11) is 0. The van der Waals surface area contributed by atoms with Crippen molar-refractivity contribution in [1.29, 1.82) is 0 Å². The zero-order chi connectivity index (χ0) is 15.9. The molecule has 1 saturated carbocycles. The summed E-state index contributed by atoms with van der Waals surface area (Å²) in [5.41, 5.74) is 0.652. The van der Waals surface area contributed by atoms with E-state index in [1.54, 1.807) is 0 Å². The minimum atomic E-state index is -0.521. The van der Waals surface area contributed by atoms with Crippen LogP contribution in [0.5, 0.6) is 5.75 Å². The molecular weight excluding hydrogens is 280 g/mol. The van der Waals surface area contributed by atoms with Crippen molar-refractivity contribution in [3.05, 3.63) is 24.3 Å². The fourth-order valence-corrected chi connectivity index (χ4v) is 2.19. The van der Waals surface area contributed by atoms with Crippen molar-refractivity contribution in [3.63, 3.8) is 0 Å². The number of urea groups is 1. The maximum absolute atomic E-state index is 11.9. The van der Waals surface area contributed by atoms with Gasteiger partial charge >= 0.3 is 6.03 Å². The standard InChI is InChI=1S/C17H26N2O3/c1-12(2)9-14(20)10-18-17(21)19-15-5-3-4-6-16(15)22-11-13-7-8-13/h3-6,12-14,20H,7-11H2,1-2H3,(H2,18,19,21). The molecule has 2 rings (SSSR count). The summed E-state index contributed by atoms with van der Waals surface area (Å²) >= 11 is 0. The molecule has 0 saturated heterocycles. The highest BCUT2D eigenvalue weighted by molar-refractivity contribution is 5.90. The van der Waals surface area contributed by atoms with Gasteiger partial charge in [-0.15, -0.1) is 0 Å². The quantitative estimate of drug-likeness (QED) is 0.691. The lowest BCUT2D eigenvalue weighted by atomic mass is 10.1. The van der Waals surface area contributed by atoms with Crippen LogP contribution >= 0.6 is 0 Å². The van der Waals surface area contributed by atoms with Crippen molar-refractivity contribution >= 4 is 11.7 Å². The second-order valence-electron chi connectivity index (χ2n) is 6.37. The number of carbonyl (C=O) groups is 1. The van der Waals surface area contributed by atoms with Crippen LogP contribution in [0.15, 0.2) is 24.3 Å². The van der Waals surface area contributed by atoms with Gasteiger partial charge < -0.3 is 20.5 Å². The zero-order valence-corrected chi connectivity index (χ0v) is 13.3. The lowest BCUT2D eigenvalue weighted by Crippen LogP contribution is -2.35. The first-order valence-corrected chi connectivity index (χ1v) is 7.99. The van der Waals surface area contributed by atoms with E-state index in [2.05, 4.69) is 10.6 Å². The van der Waals surface area contributed by atoms with Crippen LogP contribution in [-0.4, -0.2) is 30.4 Å². The van der Waals surface area contributed by atoms with Crippen LogP contribution in [0, 0.1) is 11.8 Å². The highest BCUT2D eigenvalue weighted by atomic mass is 16.5. The van der Waals surface area contributed by atoms with Gasteiger partial charge in [-0.2, -0.15) is 0 Å². The second kappa shape index (κ2) is 8.03. The summed E-state index contributed by atoms with van der Waals surface area (Å²) < 4.78 is 5.75. The molecule has 22 heavy (non-hydrogen) atoms. The monoisotopic (exact) mass is 306 g/mol. The number of hydrogen-bond acceptors (Lipinski definition) is 3. The third-order valence-electron chi connectivity index (χ3n) is 3.55. The summed E-state index contributed by atoms with van der Waals surface area (Å²) in [6.07, 6.45) is 2.60. The first-order chi connectivity index (χ1) is 10.5. The Morgan fingerprint density at radius 3 is 2.77 bits per heavy atom. The van der Waals surface area contributed by atoms with Gasteiger partial charge in [-0.3, -0.25) is 0 Å². The minimum Gasteiger partial charge on any atom is -0.491 e. The molecule has 5 heteroatoms. The Morgan fingerprint density at radius 2 is 2.09 bits per heavy atom. The molecule has 2 amide bonds. The minimum absolute atomic E-state index is 0.245. The summed E-state index contributed by atoms with van der Waals surface area (Å²) in [6.45, 7) is 5.02. The van der Waals surface area contributed by atoms with Crippen molar-refractivity contribution in [2.45, 2.75) is 39.2 Å². The first-order valence-electron chi connectivity index (χ1n) is 7.99. The fourth-order valence-electron chi connectivity index (χ4n) is 2.19. The number of anilines is 1. The molecule has 3 N–H and O–H groups in total. The number of rotatable bonds is 8. The molecule has 1 aromatic rings. The highest BCUT2D eigenvalue weighted by Crippen LogP contribution is 2.31. The van der Waals surface area contributed by atoms with Gasteiger partial charge in [0.05, 0.1) is 18.4 Å². The largest absolute Gasteiger partial charge is 0.491 e. The lowest BCUT2D eigenvalue weighted by molar-refractivity contribution is 0.148. The molecular formula is C17H26N2O3. The van der Waals surface area contributed by atoms with E-state index in [1.807, 2.05) is 38.1 Å². The van der Waals surface area contributed by atoms with Gasteiger partial charge in [-0.25, -0.2) is 4.79 Å². The third-order valence-corrected chi connectivity index (χ3v) is 3.55. The van der Waals surface area contributed by atoms with Gasteiger partial charge in [0.1, 0.15) is 5.75 Å². The van der Waals surface area contributed by atoms with Crippen molar-refractivity contribution in [3.8, 4) is 5.75 Å². The van der Waals surface area contributed by atoms with Crippen LogP contribution < -0.4 is 15.4 Å². The fraction of sp³-hybridized carbons (Fsp3) is 0.588. The first kappa shape index (κ1) is 16.6. The maximum Gasteiger partial charge on any atom is 0.319 e. The molecule has 0 aromatic heterocycles. The number of aliphatic hydroxyl groups excluding tert-OH is 1. The Balaban J connectivity index is 1.80. The van der Waals surface area contributed by atoms with Gasteiger partial charge in [-0.1, -0.05) is 26.0 Å². The van der Waals surface area contributed by atoms with Crippen LogP contribution in [0.25, 0.3) is 0 Å². The van der Waals surface area contributed by atoms with Gasteiger partial charge in [0, 0.05) is 6.54 Å². The number of ether oxygens (including phenoxy) is 1. The molecule has 1 aliphatic carbocycles. The van der Waals surface area contributed by atoms with Crippen LogP contribution in [0.2, 0.25) is 0 Å².